The van der Waals surface area contributed by atoms with Crippen LogP contribution in [0.4, 0.5) is 4.39 Å². The summed E-state index contributed by atoms with van der Waals surface area (Å²) in [6, 6.07) is 9.32. The molecule has 0 spiro atoms. The first-order chi connectivity index (χ1) is 10.3. The Morgan fingerprint density at radius 2 is 1.95 bits per heavy atom. The second-order valence-corrected chi connectivity index (χ2v) is 4.79. The fourth-order valence-electron chi connectivity index (χ4n) is 2.24. The van der Waals surface area contributed by atoms with Crippen molar-refractivity contribution < 1.29 is 9.13 Å². The molecular formula is C17H21FN2O. The van der Waals surface area contributed by atoms with Crippen molar-refractivity contribution in [2.24, 2.45) is 0 Å². The molecule has 1 unspecified atom stereocenters. The van der Waals surface area contributed by atoms with Gasteiger partial charge in [-0.1, -0.05) is 19.1 Å². The van der Waals surface area contributed by atoms with E-state index in [1.807, 2.05) is 31.2 Å². The molecule has 0 radical (unpaired) electrons. The smallest absolute Gasteiger partial charge is 0.146 e. The van der Waals surface area contributed by atoms with Crippen LogP contribution in [0, 0.1) is 5.82 Å². The van der Waals surface area contributed by atoms with Crippen LogP contribution < -0.4 is 10.1 Å². The number of pyridine rings is 1. The summed E-state index contributed by atoms with van der Waals surface area (Å²) in [6.07, 6.45) is 3.86. The summed E-state index contributed by atoms with van der Waals surface area (Å²) in [4.78, 5) is 3.82. The molecule has 21 heavy (non-hydrogen) atoms. The van der Waals surface area contributed by atoms with Crippen LogP contribution in [0.3, 0.4) is 0 Å². The van der Waals surface area contributed by atoms with Crippen LogP contribution in [-0.4, -0.2) is 18.1 Å². The molecule has 0 saturated heterocycles. The van der Waals surface area contributed by atoms with Crippen LogP contribution in [0.15, 0.2) is 42.7 Å². The maximum Gasteiger partial charge on any atom is 0.146 e. The van der Waals surface area contributed by atoms with E-state index in [4.69, 9.17) is 4.74 Å². The average molecular weight is 288 g/mol. The first-order valence-electron chi connectivity index (χ1n) is 7.31. The SMILES string of the molecule is CCCNC(c1ccc(OCC)cc1)c1ccncc1F. The van der Waals surface area contributed by atoms with Gasteiger partial charge >= 0.3 is 0 Å². The molecule has 0 fully saturated rings. The molecule has 0 aliphatic heterocycles. The van der Waals surface area contributed by atoms with E-state index in [0.29, 0.717) is 12.2 Å². The van der Waals surface area contributed by atoms with Crippen LogP contribution in [0.25, 0.3) is 0 Å². The Bertz CT molecular complexity index is 557. The molecule has 0 bridgehead atoms. The summed E-state index contributed by atoms with van der Waals surface area (Å²) in [5.41, 5.74) is 1.62. The Morgan fingerprint density at radius 3 is 2.57 bits per heavy atom. The monoisotopic (exact) mass is 288 g/mol. The third-order valence-electron chi connectivity index (χ3n) is 3.24. The van der Waals surface area contributed by atoms with E-state index in [9.17, 15) is 4.39 Å². The highest BCUT2D eigenvalue weighted by atomic mass is 19.1. The molecule has 1 aromatic heterocycles. The second kappa shape index (κ2) is 7.74. The molecule has 0 saturated carbocycles. The molecule has 4 heteroatoms. The topological polar surface area (TPSA) is 34.1 Å². The summed E-state index contributed by atoms with van der Waals surface area (Å²) >= 11 is 0. The standard InChI is InChI=1S/C17H21FN2O/c1-3-10-20-17(15-9-11-19-12-16(15)18)13-5-7-14(8-6-13)21-4-2/h5-9,11-12,17,20H,3-4,10H2,1-2H3. The number of hydrogen-bond donors (Lipinski definition) is 1. The molecule has 2 rings (SSSR count). The number of halogens is 1. The second-order valence-electron chi connectivity index (χ2n) is 4.79. The summed E-state index contributed by atoms with van der Waals surface area (Å²) in [5.74, 6) is 0.533. The minimum Gasteiger partial charge on any atom is -0.494 e. The van der Waals surface area contributed by atoms with Crippen molar-refractivity contribution in [1.29, 1.82) is 0 Å². The van der Waals surface area contributed by atoms with Crippen molar-refractivity contribution >= 4 is 0 Å². The van der Waals surface area contributed by atoms with Crippen LogP contribution in [-0.2, 0) is 0 Å². The molecular weight excluding hydrogens is 267 g/mol. The van der Waals surface area contributed by atoms with Gasteiger partial charge in [-0.05, 0) is 43.7 Å². The Morgan fingerprint density at radius 1 is 1.19 bits per heavy atom. The van der Waals surface area contributed by atoms with Gasteiger partial charge in [0.15, 0.2) is 0 Å². The molecule has 0 amide bonds. The quantitative estimate of drug-likeness (QED) is 0.843. The van der Waals surface area contributed by atoms with Gasteiger partial charge in [0.2, 0.25) is 0 Å². The molecule has 2 aromatic rings. The van der Waals surface area contributed by atoms with Crippen molar-refractivity contribution in [1.82, 2.24) is 10.3 Å². The van der Waals surface area contributed by atoms with Gasteiger partial charge in [-0.2, -0.15) is 0 Å². The van der Waals surface area contributed by atoms with Crippen molar-refractivity contribution in [3.8, 4) is 5.75 Å². The van der Waals surface area contributed by atoms with Crippen molar-refractivity contribution in [3.05, 3.63) is 59.7 Å². The maximum absolute atomic E-state index is 14.0. The zero-order chi connectivity index (χ0) is 15.1. The number of nitrogens with one attached hydrogen (secondary N) is 1. The van der Waals surface area contributed by atoms with Crippen LogP contribution in [0.1, 0.15) is 37.4 Å². The molecule has 3 nitrogen and oxygen atoms in total. The van der Waals surface area contributed by atoms with Crippen LogP contribution in [0.5, 0.6) is 5.75 Å². The largest absolute Gasteiger partial charge is 0.494 e. The average Bonchev–Trinajstić information content (AvgIpc) is 2.51. The lowest BCUT2D eigenvalue weighted by Gasteiger charge is -2.20. The number of ether oxygens (including phenoxy) is 1. The normalized spacial score (nSPS) is 12.1. The third kappa shape index (κ3) is 4.02. The zero-order valence-electron chi connectivity index (χ0n) is 12.5. The lowest BCUT2D eigenvalue weighted by atomic mass is 9.99. The number of rotatable bonds is 7. The number of benzene rings is 1. The van der Waals surface area contributed by atoms with Gasteiger partial charge in [0.05, 0.1) is 18.8 Å². The van der Waals surface area contributed by atoms with Gasteiger partial charge in [0.1, 0.15) is 11.6 Å². The first-order valence-corrected chi connectivity index (χ1v) is 7.31. The van der Waals surface area contributed by atoms with E-state index in [1.165, 1.54) is 6.20 Å². The lowest BCUT2D eigenvalue weighted by molar-refractivity contribution is 0.340. The molecule has 0 aliphatic rings. The maximum atomic E-state index is 14.0. The molecule has 1 N–H and O–H groups in total. The van der Waals surface area contributed by atoms with E-state index in [0.717, 1.165) is 24.3 Å². The molecule has 0 aliphatic carbocycles. The summed E-state index contributed by atoms with van der Waals surface area (Å²) in [6.45, 7) is 5.49. The van der Waals surface area contributed by atoms with Gasteiger partial charge in [0.25, 0.3) is 0 Å². The van der Waals surface area contributed by atoms with Gasteiger partial charge in [-0.25, -0.2) is 4.39 Å². The van der Waals surface area contributed by atoms with Crippen molar-refractivity contribution in [2.45, 2.75) is 26.3 Å². The van der Waals surface area contributed by atoms with Gasteiger partial charge in [0, 0.05) is 11.8 Å². The van der Waals surface area contributed by atoms with Gasteiger partial charge < -0.3 is 10.1 Å². The Kier molecular flexibility index (Phi) is 5.69. The molecule has 1 atom stereocenters. The van der Waals surface area contributed by atoms with Crippen LogP contribution in [0.2, 0.25) is 0 Å². The number of hydrogen-bond acceptors (Lipinski definition) is 3. The molecule has 1 heterocycles. The van der Waals surface area contributed by atoms with E-state index >= 15 is 0 Å². The summed E-state index contributed by atoms with van der Waals surface area (Å²) in [7, 11) is 0. The minimum atomic E-state index is -0.292. The fourth-order valence-corrected chi connectivity index (χ4v) is 2.24. The predicted octanol–water partition coefficient (Wildman–Crippen LogP) is 3.71. The lowest BCUT2D eigenvalue weighted by Crippen LogP contribution is -2.24. The summed E-state index contributed by atoms with van der Waals surface area (Å²) in [5, 5.41) is 3.39. The van der Waals surface area contributed by atoms with Crippen LogP contribution >= 0.6 is 0 Å². The highest BCUT2D eigenvalue weighted by Crippen LogP contribution is 2.25. The van der Waals surface area contributed by atoms with E-state index in [1.54, 1.807) is 12.3 Å². The third-order valence-corrected chi connectivity index (χ3v) is 3.24. The Hall–Kier alpha value is -1.94. The summed E-state index contributed by atoms with van der Waals surface area (Å²) < 4.78 is 19.5. The Balaban J connectivity index is 2.29. The highest BCUT2D eigenvalue weighted by Gasteiger charge is 2.17. The molecule has 112 valence electrons. The van der Waals surface area contributed by atoms with Gasteiger partial charge in [-0.15, -0.1) is 0 Å². The van der Waals surface area contributed by atoms with E-state index < -0.39 is 0 Å². The Labute approximate surface area is 125 Å². The molecule has 1 aromatic carbocycles. The minimum absolute atomic E-state index is 0.177. The van der Waals surface area contributed by atoms with Crippen molar-refractivity contribution in [2.75, 3.05) is 13.2 Å². The zero-order valence-corrected chi connectivity index (χ0v) is 12.5. The van der Waals surface area contributed by atoms with E-state index in [-0.39, 0.29) is 11.9 Å². The first kappa shape index (κ1) is 15.4. The van der Waals surface area contributed by atoms with Crippen molar-refractivity contribution in [3.63, 3.8) is 0 Å². The number of nitrogens with zero attached hydrogens (tertiary/aromatic N) is 1. The predicted molar refractivity (Wildman–Crippen MR) is 81.9 cm³/mol. The highest BCUT2D eigenvalue weighted by molar-refractivity contribution is 5.35. The van der Waals surface area contributed by atoms with Gasteiger partial charge in [-0.3, -0.25) is 4.98 Å². The fraction of sp³-hybridized carbons (Fsp3) is 0.353. The number of aromatic nitrogens is 1. The van der Waals surface area contributed by atoms with E-state index in [2.05, 4.69) is 17.2 Å².